The summed E-state index contributed by atoms with van der Waals surface area (Å²) in [7, 11) is 0. The van der Waals surface area contributed by atoms with E-state index in [2.05, 4.69) is 25.8 Å². The number of amides is 1. The number of nitrogens with zero attached hydrogens (tertiary/aromatic N) is 3. The molecule has 2 aromatic rings. The van der Waals surface area contributed by atoms with Crippen molar-refractivity contribution in [1.29, 1.82) is 0 Å². The van der Waals surface area contributed by atoms with Gasteiger partial charge >= 0.3 is 0 Å². The summed E-state index contributed by atoms with van der Waals surface area (Å²) in [6.07, 6.45) is 4.50. The topological polar surface area (TPSA) is 45.7 Å². The maximum Gasteiger partial charge on any atom is 0.264 e. The highest BCUT2D eigenvalue weighted by Crippen LogP contribution is 2.24. The van der Waals surface area contributed by atoms with Crippen molar-refractivity contribution in [2.45, 2.75) is 13.0 Å². The van der Waals surface area contributed by atoms with E-state index in [4.69, 9.17) is 4.74 Å². The van der Waals surface area contributed by atoms with Gasteiger partial charge < -0.3 is 9.64 Å². The van der Waals surface area contributed by atoms with Crippen LogP contribution in [0.15, 0.2) is 40.4 Å². The van der Waals surface area contributed by atoms with Crippen LogP contribution in [0.25, 0.3) is 0 Å². The van der Waals surface area contributed by atoms with Gasteiger partial charge in [0.15, 0.2) is 0 Å². The van der Waals surface area contributed by atoms with Crippen molar-refractivity contribution in [3.05, 3.63) is 50.9 Å². The molecule has 25 heavy (non-hydrogen) atoms. The Hall–Kier alpha value is -1.28. The van der Waals surface area contributed by atoms with Gasteiger partial charge in [0.1, 0.15) is 0 Å². The third-order valence-corrected chi connectivity index (χ3v) is 5.81. The lowest BCUT2D eigenvalue weighted by Gasteiger charge is -2.28. The molecule has 0 aromatic carbocycles. The molecule has 1 amide bonds. The summed E-state index contributed by atoms with van der Waals surface area (Å²) in [6.45, 7) is 5.93. The number of halogens is 1. The first-order valence-electron chi connectivity index (χ1n) is 8.46. The minimum Gasteiger partial charge on any atom is -0.379 e. The molecule has 0 atom stereocenters. The van der Waals surface area contributed by atoms with Gasteiger partial charge in [0.25, 0.3) is 5.91 Å². The predicted molar refractivity (Wildman–Crippen MR) is 103 cm³/mol. The fraction of sp³-hybridized carbons (Fsp3) is 0.444. The van der Waals surface area contributed by atoms with Gasteiger partial charge in [0, 0.05) is 45.1 Å². The first-order valence-corrected chi connectivity index (χ1v) is 10.1. The van der Waals surface area contributed by atoms with Crippen molar-refractivity contribution < 1.29 is 9.53 Å². The molecule has 0 N–H and O–H groups in total. The number of hydrogen-bond donors (Lipinski definition) is 0. The number of carbonyl (C=O) groups excluding carboxylic acids is 1. The lowest BCUT2D eigenvalue weighted by atomic mass is 10.2. The lowest BCUT2D eigenvalue weighted by molar-refractivity contribution is 0.0356. The number of ether oxygens (including phenoxy) is 1. The van der Waals surface area contributed by atoms with E-state index in [1.165, 1.54) is 11.3 Å². The SMILES string of the molecule is O=C(c1ccc(Br)s1)N(CCCN1CCOCC1)Cc1ccncc1. The quantitative estimate of drug-likeness (QED) is 0.685. The molecule has 7 heteroatoms. The van der Waals surface area contributed by atoms with Gasteiger partial charge in [-0.25, -0.2) is 0 Å². The molecule has 3 heterocycles. The van der Waals surface area contributed by atoms with E-state index in [9.17, 15) is 4.79 Å². The fourth-order valence-corrected chi connectivity index (χ4v) is 4.21. The standard InChI is InChI=1S/C18H22BrN3O2S/c19-17-3-2-16(25-17)18(23)22(14-15-4-6-20-7-5-15)9-1-8-21-10-12-24-13-11-21/h2-7H,1,8-14H2. The maximum atomic E-state index is 12.9. The highest BCUT2D eigenvalue weighted by molar-refractivity contribution is 9.11. The molecule has 1 aliphatic rings. The smallest absolute Gasteiger partial charge is 0.264 e. The largest absolute Gasteiger partial charge is 0.379 e. The highest BCUT2D eigenvalue weighted by Gasteiger charge is 2.18. The van der Waals surface area contributed by atoms with Crippen LogP contribution in [0.2, 0.25) is 0 Å². The van der Waals surface area contributed by atoms with Crippen LogP contribution in [0.3, 0.4) is 0 Å². The number of aromatic nitrogens is 1. The molecule has 1 saturated heterocycles. The second-order valence-corrected chi connectivity index (χ2v) is 8.46. The third kappa shape index (κ3) is 5.60. The van der Waals surface area contributed by atoms with Crippen LogP contribution in [0.5, 0.6) is 0 Å². The molecular weight excluding hydrogens is 402 g/mol. The number of carbonyl (C=O) groups is 1. The maximum absolute atomic E-state index is 12.9. The van der Waals surface area contributed by atoms with E-state index in [1.54, 1.807) is 12.4 Å². The van der Waals surface area contributed by atoms with E-state index >= 15 is 0 Å². The van der Waals surface area contributed by atoms with Crippen LogP contribution in [0.4, 0.5) is 0 Å². The Kier molecular flexibility index (Phi) is 6.98. The van der Waals surface area contributed by atoms with Crippen molar-refractivity contribution in [2.75, 3.05) is 39.4 Å². The zero-order valence-corrected chi connectivity index (χ0v) is 16.5. The molecule has 0 bridgehead atoms. The Morgan fingerprint density at radius 1 is 1.24 bits per heavy atom. The van der Waals surface area contributed by atoms with Gasteiger partial charge in [0.05, 0.1) is 21.9 Å². The fourth-order valence-electron chi connectivity index (χ4n) is 2.86. The van der Waals surface area contributed by atoms with Gasteiger partial charge in [-0.2, -0.15) is 0 Å². The van der Waals surface area contributed by atoms with Crippen LogP contribution in [-0.2, 0) is 11.3 Å². The van der Waals surface area contributed by atoms with Gasteiger partial charge in [-0.1, -0.05) is 0 Å². The summed E-state index contributed by atoms with van der Waals surface area (Å²) in [5.41, 5.74) is 1.10. The number of pyridine rings is 1. The van der Waals surface area contributed by atoms with Gasteiger partial charge in [0.2, 0.25) is 0 Å². The van der Waals surface area contributed by atoms with Crippen molar-refractivity contribution >= 4 is 33.2 Å². The Balaban J connectivity index is 1.62. The normalized spacial score (nSPS) is 15.2. The van der Waals surface area contributed by atoms with Crippen LogP contribution in [-0.4, -0.2) is 60.1 Å². The van der Waals surface area contributed by atoms with Crippen LogP contribution < -0.4 is 0 Å². The van der Waals surface area contributed by atoms with E-state index in [-0.39, 0.29) is 5.91 Å². The summed E-state index contributed by atoms with van der Waals surface area (Å²) in [6, 6.07) is 7.74. The lowest BCUT2D eigenvalue weighted by Crippen LogP contribution is -2.39. The molecule has 0 spiro atoms. The molecular formula is C18H22BrN3O2S. The van der Waals surface area contributed by atoms with E-state index in [0.717, 1.165) is 60.0 Å². The third-order valence-electron chi connectivity index (χ3n) is 4.20. The molecule has 1 fully saturated rings. The van der Waals surface area contributed by atoms with Crippen LogP contribution in [0.1, 0.15) is 21.7 Å². The van der Waals surface area contributed by atoms with Crippen LogP contribution in [0, 0.1) is 0 Å². The number of thiophene rings is 1. The average Bonchev–Trinajstić information content (AvgIpc) is 3.08. The van der Waals surface area contributed by atoms with Crippen LogP contribution >= 0.6 is 27.3 Å². The Labute approximate surface area is 160 Å². The van der Waals surface area contributed by atoms with Gasteiger partial charge in [-0.3, -0.25) is 14.7 Å². The zero-order chi connectivity index (χ0) is 17.5. The van der Waals surface area contributed by atoms with Crippen molar-refractivity contribution in [3.63, 3.8) is 0 Å². The summed E-state index contributed by atoms with van der Waals surface area (Å²) < 4.78 is 6.37. The average molecular weight is 424 g/mol. The number of hydrogen-bond acceptors (Lipinski definition) is 5. The monoisotopic (exact) mass is 423 g/mol. The minimum absolute atomic E-state index is 0.0921. The Bertz CT molecular complexity index is 674. The highest BCUT2D eigenvalue weighted by atomic mass is 79.9. The van der Waals surface area contributed by atoms with Gasteiger partial charge in [-0.05, 0) is 52.2 Å². The first kappa shape index (κ1) is 18.5. The van der Waals surface area contributed by atoms with Gasteiger partial charge in [-0.15, -0.1) is 11.3 Å². The molecule has 1 aliphatic heterocycles. The first-order chi connectivity index (χ1) is 12.2. The zero-order valence-electron chi connectivity index (χ0n) is 14.1. The van der Waals surface area contributed by atoms with Crippen molar-refractivity contribution in [1.82, 2.24) is 14.8 Å². The predicted octanol–water partition coefficient (Wildman–Crippen LogP) is 3.27. The molecule has 3 rings (SSSR count). The molecule has 0 saturated carbocycles. The summed E-state index contributed by atoms with van der Waals surface area (Å²) in [5.74, 6) is 0.0921. The van der Waals surface area contributed by atoms with E-state index in [0.29, 0.717) is 6.54 Å². The second kappa shape index (κ2) is 9.43. The molecule has 0 radical (unpaired) electrons. The Morgan fingerprint density at radius 2 is 2.00 bits per heavy atom. The molecule has 0 unspecified atom stereocenters. The summed E-state index contributed by atoms with van der Waals surface area (Å²) in [5, 5.41) is 0. The molecule has 0 aliphatic carbocycles. The van der Waals surface area contributed by atoms with Crippen molar-refractivity contribution in [3.8, 4) is 0 Å². The molecule has 134 valence electrons. The number of rotatable bonds is 7. The minimum atomic E-state index is 0.0921. The summed E-state index contributed by atoms with van der Waals surface area (Å²) >= 11 is 4.92. The van der Waals surface area contributed by atoms with Crippen molar-refractivity contribution in [2.24, 2.45) is 0 Å². The molecule has 2 aromatic heterocycles. The van der Waals surface area contributed by atoms with E-state index < -0.39 is 0 Å². The molecule has 5 nitrogen and oxygen atoms in total. The van der Waals surface area contributed by atoms with E-state index in [1.807, 2.05) is 29.2 Å². The second-order valence-electron chi connectivity index (χ2n) is 5.99. The Morgan fingerprint density at radius 3 is 2.68 bits per heavy atom. The summed E-state index contributed by atoms with van der Waals surface area (Å²) in [4.78, 5) is 22.1. The number of morpholine rings is 1.